The average Bonchev–Trinajstić information content (AvgIpc) is 3.78. The van der Waals surface area contributed by atoms with Crippen LogP contribution >= 0.6 is 0 Å². The highest BCUT2D eigenvalue weighted by atomic mass is 16.5. The van der Waals surface area contributed by atoms with Crippen LogP contribution in [-0.2, 0) is 53.5 Å². The zero-order valence-corrected chi connectivity index (χ0v) is 33.5. The Balaban J connectivity index is 1.09. The van der Waals surface area contributed by atoms with Gasteiger partial charge in [0.05, 0.1) is 37.8 Å². The van der Waals surface area contributed by atoms with Crippen LogP contribution in [0, 0.1) is 13.8 Å². The van der Waals surface area contributed by atoms with E-state index in [-0.39, 0.29) is 23.2 Å². The normalized spacial score (nSPS) is 15.4. The average molecular weight is 719 g/mol. The van der Waals surface area contributed by atoms with Crippen LogP contribution in [0.1, 0.15) is 147 Å². The van der Waals surface area contributed by atoms with Crippen LogP contribution in [0.2, 0.25) is 0 Å². The Kier molecular flexibility index (Phi) is 12.8. The maximum absolute atomic E-state index is 6.35. The van der Waals surface area contributed by atoms with Crippen LogP contribution in [0.4, 0.5) is 0 Å². The number of hydrogen-bond acceptors (Lipinski definition) is 7. The Morgan fingerprint density at radius 1 is 0.585 bits per heavy atom. The molecule has 2 aromatic heterocycles. The van der Waals surface area contributed by atoms with Gasteiger partial charge in [-0.05, 0) is 114 Å². The standard InChI is InChI=1S/C46H62N4O3/c1-31-43(37-29-52-27-35(37)41(47-31)25-33-17-11-9-12-18-33)39(49-45(3,4)5)21-15-23-51-24-16-22-40(50-46(6,7)8)44-32(2)48-42(36-28-53-30-38(36)44)26-34-19-13-10-14-20-34/h9-14,17-20,39-40,49-50H,15-16,21-30H2,1-8H3. The summed E-state index contributed by atoms with van der Waals surface area (Å²) in [5, 5.41) is 7.87. The van der Waals surface area contributed by atoms with E-state index >= 15 is 0 Å². The van der Waals surface area contributed by atoms with Crippen LogP contribution in [0.3, 0.4) is 0 Å². The quantitative estimate of drug-likeness (QED) is 0.112. The molecular weight excluding hydrogens is 657 g/mol. The van der Waals surface area contributed by atoms with Crippen molar-refractivity contribution in [3.05, 3.63) is 128 Å². The molecule has 0 aliphatic carbocycles. The van der Waals surface area contributed by atoms with Crippen molar-refractivity contribution in [2.24, 2.45) is 0 Å². The van der Waals surface area contributed by atoms with E-state index in [0.717, 1.165) is 74.5 Å². The smallest absolute Gasteiger partial charge is 0.0743 e. The lowest BCUT2D eigenvalue weighted by atomic mass is 9.90. The fraction of sp³-hybridized carbons (Fsp3) is 0.522. The number of aromatic nitrogens is 2. The van der Waals surface area contributed by atoms with Crippen molar-refractivity contribution in [2.45, 2.75) is 144 Å². The van der Waals surface area contributed by atoms with E-state index in [2.05, 4.69) is 127 Å². The lowest BCUT2D eigenvalue weighted by Gasteiger charge is -2.31. The van der Waals surface area contributed by atoms with E-state index in [1.165, 1.54) is 44.5 Å². The Hall–Kier alpha value is -3.46. The molecule has 2 N–H and O–H groups in total. The molecule has 2 aromatic carbocycles. The summed E-state index contributed by atoms with van der Waals surface area (Å²) in [4.78, 5) is 10.4. The Labute approximate surface area is 318 Å². The molecule has 0 saturated heterocycles. The molecule has 0 saturated carbocycles. The predicted octanol–water partition coefficient (Wildman–Crippen LogP) is 9.47. The lowest BCUT2D eigenvalue weighted by molar-refractivity contribution is 0.119. The molecule has 0 spiro atoms. The topological polar surface area (TPSA) is 77.5 Å². The SMILES string of the molecule is Cc1nc(Cc2ccccc2)c2c(c1C(CCCOCCCC(NC(C)(C)C)c1c(C)nc(Cc3ccccc3)c3c1COC3)NC(C)(C)C)COC2. The molecule has 0 bridgehead atoms. The van der Waals surface area contributed by atoms with Crippen molar-refractivity contribution in [1.29, 1.82) is 0 Å². The first kappa shape index (κ1) is 39.2. The molecule has 4 aromatic rings. The zero-order valence-electron chi connectivity index (χ0n) is 33.5. The van der Waals surface area contributed by atoms with Crippen LogP contribution in [0.15, 0.2) is 60.7 Å². The summed E-state index contributed by atoms with van der Waals surface area (Å²) in [5.41, 5.74) is 14.8. The van der Waals surface area contributed by atoms with Gasteiger partial charge in [0.1, 0.15) is 0 Å². The van der Waals surface area contributed by atoms with Gasteiger partial charge < -0.3 is 24.8 Å². The maximum atomic E-state index is 6.35. The van der Waals surface area contributed by atoms with E-state index < -0.39 is 0 Å². The number of rotatable bonds is 16. The van der Waals surface area contributed by atoms with Gasteiger partial charge in [-0.2, -0.15) is 0 Å². The highest BCUT2D eigenvalue weighted by Gasteiger charge is 2.31. The molecule has 2 unspecified atom stereocenters. The van der Waals surface area contributed by atoms with Crippen molar-refractivity contribution in [2.75, 3.05) is 13.2 Å². The molecule has 0 fully saturated rings. The van der Waals surface area contributed by atoms with Crippen LogP contribution in [0.25, 0.3) is 0 Å². The molecule has 2 aliphatic heterocycles. The van der Waals surface area contributed by atoms with Crippen LogP contribution in [0.5, 0.6) is 0 Å². The first-order valence-electron chi connectivity index (χ1n) is 19.7. The summed E-state index contributed by atoms with van der Waals surface area (Å²) in [6.07, 6.45) is 5.55. The zero-order chi connectivity index (χ0) is 37.6. The summed E-state index contributed by atoms with van der Waals surface area (Å²) in [6.45, 7) is 21.9. The maximum Gasteiger partial charge on any atom is 0.0743 e. The first-order valence-corrected chi connectivity index (χ1v) is 19.7. The minimum atomic E-state index is -0.0416. The molecule has 4 heterocycles. The largest absolute Gasteiger partial charge is 0.381 e. The van der Waals surface area contributed by atoms with Gasteiger partial charge in [0.25, 0.3) is 0 Å². The number of hydrogen-bond donors (Lipinski definition) is 2. The second-order valence-electron chi connectivity index (χ2n) is 17.1. The Bertz CT molecular complexity index is 1680. The van der Waals surface area contributed by atoms with E-state index in [4.69, 9.17) is 24.2 Å². The molecule has 0 radical (unpaired) electrons. The number of nitrogens with zero attached hydrogens (tertiary/aromatic N) is 2. The minimum Gasteiger partial charge on any atom is -0.381 e. The summed E-state index contributed by atoms with van der Waals surface area (Å²) >= 11 is 0. The fourth-order valence-electron chi connectivity index (χ4n) is 8.25. The molecular formula is C46H62N4O3. The minimum absolute atomic E-state index is 0.0416. The van der Waals surface area contributed by atoms with Gasteiger partial charge in [0.2, 0.25) is 0 Å². The number of benzene rings is 2. The van der Waals surface area contributed by atoms with Gasteiger partial charge >= 0.3 is 0 Å². The lowest BCUT2D eigenvalue weighted by Crippen LogP contribution is -2.40. The van der Waals surface area contributed by atoms with Crippen molar-refractivity contribution in [3.8, 4) is 0 Å². The van der Waals surface area contributed by atoms with Gasteiger partial charge in [-0.1, -0.05) is 60.7 Å². The van der Waals surface area contributed by atoms with Gasteiger partial charge in [-0.3, -0.25) is 9.97 Å². The van der Waals surface area contributed by atoms with E-state index in [0.29, 0.717) is 26.4 Å². The van der Waals surface area contributed by atoms with Gasteiger partial charge in [0.15, 0.2) is 0 Å². The number of ether oxygens (including phenoxy) is 3. The van der Waals surface area contributed by atoms with Gasteiger partial charge in [-0.15, -0.1) is 0 Å². The molecule has 7 heteroatoms. The molecule has 6 rings (SSSR count). The third-order valence-electron chi connectivity index (χ3n) is 10.3. The van der Waals surface area contributed by atoms with Gasteiger partial charge in [0, 0.05) is 71.7 Å². The number of fused-ring (bicyclic) bond motifs is 2. The van der Waals surface area contributed by atoms with E-state index in [1.807, 2.05) is 0 Å². The third kappa shape index (κ3) is 10.4. The van der Waals surface area contributed by atoms with Crippen molar-refractivity contribution in [1.82, 2.24) is 20.6 Å². The monoisotopic (exact) mass is 718 g/mol. The summed E-state index contributed by atoms with van der Waals surface area (Å²) in [7, 11) is 0. The Morgan fingerprint density at radius 3 is 1.34 bits per heavy atom. The number of aryl methyl sites for hydroxylation is 2. The van der Waals surface area contributed by atoms with E-state index in [9.17, 15) is 0 Å². The van der Waals surface area contributed by atoms with Gasteiger partial charge in [-0.25, -0.2) is 0 Å². The molecule has 53 heavy (non-hydrogen) atoms. The van der Waals surface area contributed by atoms with Crippen LogP contribution < -0.4 is 10.6 Å². The highest BCUT2D eigenvalue weighted by Crippen LogP contribution is 2.37. The van der Waals surface area contributed by atoms with Crippen molar-refractivity contribution in [3.63, 3.8) is 0 Å². The summed E-state index contributed by atoms with van der Waals surface area (Å²) in [5.74, 6) is 0. The first-order chi connectivity index (χ1) is 25.4. The number of nitrogens with one attached hydrogen (secondary N) is 2. The molecule has 0 amide bonds. The molecule has 2 aliphatic rings. The highest BCUT2D eigenvalue weighted by molar-refractivity contribution is 5.46. The number of pyridine rings is 2. The summed E-state index contributed by atoms with van der Waals surface area (Å²) in [6, 6.07) is 21.6. The predicted molar refractivity (Wildman–Crippen MR) is 214 cm³/mol. The van der Waals surface area contributed by atoms with Crippen molar-refractivity contribution >= 4 is 0 Å². The molecule has 7 nitrogen and oxygen atoms in total. The second-order valence-corrected chi connectivity index (χ2v) is 17.1. The van der Waals surface area contributed by atoms with Crippen LogP contribution in [-0.4, -0.2) is 34.3 Å². The summed E-state index contributed by atoms with van der Waals surface area (Å²) < 4.78 is 18.5. The molecule has 284 valence electrons. The van der Waals surface area contributed by atoms with Crippen molar-refractivity contribution < 1.29 is 14.2 Å². The molecule has 2 atom stereocenters. The Morgan fingerprint density at radius 2 is 0.962 bits per heavy atom. The second kappa shape index (κ2) is 17.3. The van der Waals surface area contributed by atoms with E-state index in [1.54, 1.807) is 0 Å². The third-order valence-corrected chi connectivity index (χ3v) is 10.3. The fourth-order valence-corrected chi connectivity index (χ4v) is 8.25.